The van der Waals surface area contributed by atoms with Crippen molar-refractivity contribution >= 4 is 10.8 Å². The number of hydrogen-bond acceptors (Lipinski definition) is 4. The maximum Gasteiger partial charge on any atom is 0.258 e. The molecule has 5 nitrogen and oxygen atoms in total. The predicted octanol–water partition coefficient (Wildman–Crippen LogP) is 3.33. The number of aromatic nitrogens is 1. The summed E-state index contributed by atoms with van der Waals surface area (Å²) in [6.07, 6.45) is -0.583. The molecular formula is C23H28N2O3. The van der Waals surface area contributed by atoms with Gasteiger partial charge in [0.1, 0.15) is 18.5 Å². The van der Waals surface area contributed by atoms with Crippen LogP contribution in [-0.4, -0.2) is 34.5 Å². The largest absolute Gasteiger partial charge is 0.491 e. The number of aliphatic hydroxyl groups is 1. The zero-order valence-corrected chi connectivity index (χ0v) is 16.9. The van der Waals surface area contributed by atoms with Crippen LogP contribution in [0.4, 0.5) is 0 Å². The van der Waals surface area contributed by atoms with Gasteiger partial charge in [0.05, 0.1) is 5.69 Å². The summed E-state index contributed by atoms with van der Waals surface area (Å²) in [5, 5.41) is 14.9. The Labute approximate surface area is 165 Å². The fourth-order valence-electron chi connectivity index (χ4n) is 3.03. The van der Waals surface area contributed by atoms with Gasteiger partial charge in [-0.1, -0.05) is 18.2 Å². The molecule has 0 saturated heterocycles. The lowest BCUT2D eigenvalue weighted by Gasteiger charge is -2.23. The van der Waals surface area contributed by atoms with Crippen molar-refractivity contribution in [2.45, 2.75) is 32.4 Å². The fourth-order valence-corrected chi connectivity index (χ4v) is 3.03. The van der Waals surface area contributed by atoms with E-state index in [1.165, 1.54) is 0 Å². The molecule has 0 fully saturated rings. The van der Waals surface area contributed by atoms with E-state index >= 15 is 0 Å². The Kier molecular flexibility index (Phi) is 5.87. The Morgan fingerprint density at radius 2 is 1.79 bits per heavy atom. The van der Waals surface area contributed by atoms with Gasteiger partial charge in [0.2, 0.25) is 0 Å². The first kappa shape index (κ1) is 20.1. The lowest BCUT2D eigenvalue weighted by atomic mass is 10.1. The first-order valence-electron chi connectivity index (χ1n) is 9.50. The van der Waals surface area contributed by atoms with Gasteiger partial charge < -0.3 is 19.7 Å². The quantitative estimate of drug-likeness (QED) is 0.689. The van der Waals surface area contributed by atoms with Gasteiger partial charge in [-0.2, -0.15) is 0 Å². The number of β-amino-alcohol motifs (C(OH)–C–C–N with tert-alkyl or cyclic N) is 1. The third kappa shape index (κ3) is 4.80. The monoisotopic (exact) mass is 380 g/mol. The van der Waals surface area contributed by atoms with Crippen molar-refractivity contribution in [2.75, 3.05) is 13.2 Å². The van der Waals surface area contributed by atoms with E-state index in [9.17, 15) is 9.90 Å². The van der Waals surface area contributed by atoms with Crippen molar-refractivity contribution in [3.63, 3.8) is 0 Å². The van der Waals surface area contributed by atoms with Crippen molar-refractivity contribution in [1.29, 1.82) is 0 Å². The molecule has 0 aliphatic rings. The fraction of sp³-hybridized carbons (Fsp3) is 0.348. The third-order valence-electron chi connectivity index (χ3n) is 4.61. The van der Waals surface area contributed by atoms with Crippen LogP contribution < -0.4 is 15.6 Å². The molecule has 1 atom stereocenters. The van der Waals surface area contributed by atoms with Crippen molar-refractivity contribution in [3.8, 4) is 17.0 Å². The first-order valence-corrected chi connectivity index (χ1v) is 9.50. The molecule has 28 heavy (non-hydrogen) atoms. The maximum absolute atomic E-state index is 12.6. The third-order valence-corrected chi connectivity index (χ3v) is 4.61. The van der Waals surface area contributed by atoms with Gasteiger partial charge in [-0.25, -0.2) is 0 Å². The average Bonchev–Trinajstić information content (AvgIpc) is 2.67. The number of hydrogen-bond donors (Lipinski definition) is 2. The summed E-state index contributed by atoms with van der Waals surface area (Å²) in [4.78, 5) is 12.6. The molecule has 2 N–H and O–H groups in total. The van der Waals surface area contributed by atoms with Gasteiger partial charge in [-0.3, -0.25) is 4.79 Å². The second-order valence-corrected chi connectivity index (χ2v) is 8.10. The Bertz CT molecular complexity index is 1000. The number of benzene rings is 2. The summed E-state index contributed by atoms with van der Waals surface area (Å²) in [5.74, 6) is 0.685. The molecule has 0 spiro atoms. The molecule has 1 unspecified atom stereocenters. The highest BCUT2D eigenvalue weighted by molar-refractivity contribution is 5.85. The smallest absolute Gasteiger partial charge is 0.258 e. The Balaban J connectivity index is 1.72. The zero-order valence-electron chi connectivity index (χ0n) is 16.9. The number of nitrogens with one attached hydrogen (secondary N) is 1. The predicted molar refractivity (Wildman–Crippen MR) is 114 cm³/mol. The van der Waals surface area contributed by atoms with Gasteiger partial charge in [0.25, 0.3) is 5.56 Å². The highest BCUT2D eigenvalue weighted by Gasteiger charge is 2.13. The number of fused-ring (bicyclic) bond motifs is 1. The molecule has 0 bridgehead atoms. The van der Waals surface area contributed by atoms with Gasteiger partial charge in [0, 0.05) is 24.5 Å². The lowest BCUT2D eigenvalue weighted by Crippen LogP contribution is -2.42. The van der Waals surface area contributed by atoms with Crippen LogP contribution in [-0.2, 0) is 7.05 Å². The van der Waals surface area contributed by atoms with Crippen LogP contribution in [0.2, 0.25) is 0 Å². The molecule has 1 heterocycles. The van der Waals surface area contributed by atoms with Crippen LogP contribution >= 0.6 is 0 Å². The number of rotatable bonds is 6. The molecule has 0 amide bonds. The first-order chi connectivity index (χ1) is 13.2. The molecule has 0 aliphatic carbocycles. The number of aliphatic hydroxyl groups excluding tert-OH is 1. The van der Waals surface area contributed by atoms with E-state index in [0.717, 1.165) is 16.6 Å². The van der Waals surface area contributed by atoms with Crippen LogP contribution in [0.3, 0.4) is 0 Å². The molecule has 5 heteroatoms. The van der Waals surface area contributed by atoms with Crippen molar-refractivity contribution in [3.05, 3.63) is 65.0 Å². The summed E-state index contributed by atoms with van der Waals surface area (Å²) < 4.78 is 7.36. The molecule has 0 aliphatic heterocycles. The van der Waals surface area contributed by atoms with E-state index in [-0.39, 0.29) is 17.7 Å². The van der Waals surface area contributed by atoms with Crippen LogP contribution in [0.1, 0.15) is 20.8 Å². The zero-order chi connectivity index (χ0) is 20.3. The summed E-state index contributed by atoms with van der Waals surface area (Å²) >= 11 is 0. The van der Waals surface area contributed by atoms with E-state index in [1.54, 1.807) is 11.6 Å². The number of ether oxygens (including phenoxy) is 1. The SMILES string of the molecule is Cn1c(-c2ccc(OCC(O)CNC(C)(C)C)cc2)cc2ccccc2c1=O. The van der Waals surface area contributed by atoms with E-state index in [1.807, 2.05) is 54.6 Å². The normalized spacial score (nSPS) is 12.9. The Hall–Kier alpha value is -2.63. The van der Waals surface area contributed by atoms with Crippen LogP contribution in [0.5, 0.6) is 5.75 Å². The molecule has 1 aromatic heterocycles. The summed E-state index contributed by atoms with van der Waals surface area (Å²) in [7, 11) is 1.78. The van der Waals surface area contributed by atoms with E-state index in [2.05, 4.69) is 26.1 Å². The minimum Gasteiger partial charge on any atom is -0.491 e. The highest BCUT2D eigenvalue weighted by atomic mass is 16.5. The van der Waals surface area contributed by atoms with Gasteiger partial charge in [-0.15, -0.1) is 0 Å². The molecule has 0 saturated carbocycles. The number of pyridine rings is 1. The lowest BCUT2D eigenvalue weighted by molar-refractivity contribution is 0.100. The topological polar surface area (TPSA) is 63.5 Å². The van der Waals surface area contributed by atoms with Crippen LogP contribution in [0.15, 0.2) is 59.4 Å². The van der Waals surface area contributed by atoms with Gasteiger partial charge >= 0.3 is 0 Å². The molecular weight excluding hydrogens is 352 g/mol. The standard InChI is InChI=1S/C23H28N2O3/c1-23(2,3)24-14-18(26)15-28-19-11-9-16(10-12-19)21-13-17-7-5-6-8-20(17)22(27)25(21)4/h5-13,18,24,26H,14-15H2,1-4H3. The van der Waals surface area contributed by atoms with Crippen molar-refractivity contribution < 1.29 is 9.84 Å². The summed E-state index contributed by atoms with van der Waals surface area (Å²) in [5.41, 5.74) is 1.73. The highest BCUT2D eigenvalue weighted by Crippen LogP contribution is 2.24. The average molecular weight is 380 g/mol. The molecule has 3 aromatic rings. The Morgan fingerprint density at radius 3 is 2.46 bits per heavy atom. The molecule has 0 radical (unpaired) electrons. The van der Waals surface area contributed by atoms with Crippen molar-refractivity contribution in [2.24, 2.45) is 7.05 Å². The molecule has 2 aromatic carbocycles. The molecule has 3 rings (SSSR count). The van der Waals surface area contributed by atoms with E-state index < -0.39 is 6.10 Å². The van der Waals surface area contributed by atoms with Crippen molar-refractivity contribution in [1.82, 2.24) is 9.88 Å². The second kappa shape index (κ2) is 8.17. The minimum atomic E-state index is -0.583. The van der Waals surface area contributed by atoms with E-state index in [0.29, 0.717) is 17.7 Å². The maximum atomic E-state index is 12.6. The Morgan fingerprint density at radius 1 is 1.11 bits per heavy atom. The van der Waals surface area contributed by atoms with Gasteiger partial charge in [0.15, 0.2) is 0 Å². The summed E-state index contributed by atoms with van der Waals surface area (Å²) in [6.45, 7) is 6.86. The second-order valence-electron chi connectivity index (χ2n) is 8.10. The van der Waals surface area contributed by atoms with Crippen LogP contribution in [0.25, 0.3) is 22.0 Å². The summed E-state index contributed by atoms with van der Waals surface area (Å²) in [6, 6.07) is 17.2. The molecule has 148 valence electrons. The van der Waals surface area contributed by atoms with Crippen LogP contribution in [0, 0.1) is 0 Å². The van der Waals surface area contributed by atoms with E-state index in [4.69, 9.17) is 4.74 Å². The minimum absolute atomic E-state index is 0.0112. The van der Waals surface area contributed by atoms with Gasteiger partial charge in [-0.05, 0) is 68.1 Å². The number of nitrogens with zero attached hydrogens (tertiary/aromatic N) is 1.